The van der Waals surface area contributed by atoms with Crippen LogP contribution in [0.4, 0.5) is 15.8 Å². The minimum Gasteiger partial charge on any atom is -0.323 e. The lowest BCUT2D eigenvalue weighted by atomic mass is 10.0. The van der Waals surface area contributed by atoms with Crippen molar-refractivity contribution in [3.8, 4) is 0 Å². The minimum atomic E-state index is -1.15. The summed E-state index contributed by atoms with van der Waals surface area (Å²) in [5.41, 5.74) is 1.82. The molecule has 0 bridgehead atoms. The molecule has 0 aliphatic carbocycles. The molecule has 2 aromatic rings. The van der Waals surface area contributed by atoms with E-state index in [1.54, 1.807) is 12.1 Å². The van der Waals surface area contributed by atoms with Gasteiger partial charge in [0.1, 0.15) is 5.82 Å². The number of amides is 2. The van der Waals surface area contributed by atoms with E-state index in [4.69, 9.17) is 0 Å². The van der Waals surface area contributed by atoms with Gasteiger partial charge in [0.05, 0.1) is 5.75 Å². The molecule has 1 atom stereocenters. The summed E-state index contributed by atoms with van der Waals surface area (Å²) in [6, 6.07) is 13.0. The molecule has 0 saturated carbocycles. The van der Waals surface area contributed by atoms with Crippen LogP contribution in [-0.4, -0.2) is 17.6 Å². The van der Waals surface area contributed by atoms with Gasteiger partial charge in [0, 0.05) is 16.9 Å². The van der Waals surface area contributed by atoms with Crippen LogP contribution in [0.5, 0.6) is 0 Å². The molecule has 2 amide bonds. The highest BCUT2D eigenvalue weighted by Gasteiger charge is 2.58. The number of carbonyl (C=O) groups excluding carboxylic acids is 2. The zero-order chi connectivity index (χ0) is 15.3. The molecule has 1 spiro atoms. The molecule has 0 unspecified atom stereocenters. The van der Waals surface area contributed by atoms with Crippen molar-refractivity contribution in [3.05, 3.63) is 59.9 Å². The van der Waals surface area contributed by atoms with Crippen molar-refractivity contribution in [2.45, 2.75) is 4.87 Å². The van der Waals surface area contributed by atoms with Crippen molar-refractivity contribution in [2.24, 2.45) is 0 Å². The summed E-state index contributed by atoms with van der Waals surface area (Å²) < 4.78 is 13.6. The molecule has 2 aliphatic rings. The SMILES string of the molecule is O=C1CS[C@@]2(C(=O)Nc3ccccc32)N1c1cccc(F)c1. The molecule has 110 valence electrons. The van der Waals surface area contributed by atoms with E-state index in [2.05, 4.69) is 5.32 Å². The van der Waals surface area contributed by atoms with E-state index >= 15 is 0 Å². The number of nitrogens with zero attached hydrogens (tertiary/aromatic N) is 1. The second kappa shape index (κ2) is 4.58. The zero-order valence-electron chi connectivity index (χ0n) is 11.4. The van der Waals surface area contributed by atoms with Gasteiger partial charge in [-0.05, 0) is 24.3 Å². The molecule has 2 aromatic carbocycles. The molecule has 1 N–H and O–H groups in total. The predicted molar refractivity (Wildman–Crippen MR) is 83.1 cm³/mol. The van der Waals surface area contributed by atoms with E-state index in [0.29, 0.717) is 11.4 Å². The fourth-order valence-electron chi connectivity index (χ4n) is 2.99. The highest BCUT2D eigenvalue weighted by molar-refractivity contribution is 8.02. The number of benzene rings is 2. The Morgan fingerprint density at radius 3 is 2.77 bits per heavy atom. The van der Waals surface area contributed by atoms with Crippen molar-refractivity contribution in [2.75, 3.05) is 16.0 Å². The van der Waals surface area contributed by atoms with Crippen molar-refractivity contribution >= 4 is 35.0 Å². The van der Waals surface area contributed by atoms with Gasteiger partial charge in [0.15, 0.2) is 0 Å². The molecule has 0 aromatic heterocycles. The van der Waals surface area contributed by atoms with Crippen molar-refractivity contribution in [1.29, 1.82) is 0 Å². The number of nitrogens with one attached hydrogen (secondary N) is 1. The summed E-state index contributed by atoms with van der Waals surface area (Å²) in [4.78, 5) is 25.3. The number of rotatable bonds is 1. The monoisotopic (exact) mass is 314 g/mol. The number of hydrogen-bond acceptors (Lipinski definition) is 3. The Morgan fingerprint density at radius 2 is 1.95 bits per heavy atom. The van der Waals surface area contributed by atoms with Crippen LogP contribution in [0.1, 0.15) is 5.56 Å². The summed E-state index contributed by atoms with van der Waals surface area (Å²) in [5.74, 6) is -0.738. The minimum absolute atomic E-state index is 0.179. The van der Waals surface area contributed by atoms with Crippen LogP contribution in [0.3, 0.4) is 0 Å². The lowest BCUT2D eigenvalue weighted by Gasteiger charge is -2.32. The van der Waals surface area contributed by atoms with Gasteiger partial charge >= 0.3 is 0 Å². The maximum absolute atomic E-state index is 13.6. The number of thioether (sulfide) groups is 1. The van der Waals surface area contributed by atoms with Crippen LogP contribution in [0.2, 0.25) is 0 Å². The molecule has 1 saturated heterocycles. The summed E-state index contributed by atoms with van der Waals surface area (Å²) in [7, 11) is 0. The number of para-hydroxylation sites is 1. The van der Waals surface area contributed by atoms with Gasteiger partial charge in [0.25, 0.3) is 5.91 Å². The maximum Gasteiger partial charge on any atom is 0.266 e. The molecule has 0 radical (unpaired) electrons. The maximum atomic E-state index is 13.6. The number of hydrogen-bond donors (Lipinski definition) is 1. The molecule has 6 heteroatoms. The molecular formula is C16H11FN2O2S. The number of fused-ring (bicyclic) bond motifs is 2. The summed E-state index contributed by atoms with van der Waals surface area (Å²) in [5, 5.41) is 2.82. The second-order valence-electron chi connectivity index (χ2n) is 5.14. The lowest BCUT2D eigenvalue weighted by molar-refractivity contribution is -0.122. The van der Waals surface area contributed by atoms with E-state index < -0.39 is 10.7 Å². The average Bonchev–Trinajstić information content (AvgIpc) is 2.99. The number of anilines is 2. The normalized spacial score (nSPS) is 23.0. The van der Waals surface area contributed by atoms with Crippen LogP contribution in [0, 0.1) is 5.82 Å². The van der Waals surface area contributed by atoms with Crippen LogP contribution in [0.15, 0.2) is 48.5 Å². The van der Waals surface area contributed by atoms with Gasteiger partial charge in [-0.15, -0.1) is 11.8 Å². The Bertz CT molecular complexity index is 810. The van der Waals surface area contributed by atoms with Crippen molar-refractivity contribution < 1.29 is 14.0 Å². The van der Waals surface area contributed by atoms with Gasteiger partial charge < -0.3 is 5.32 Å². The molecule has 4 nitrogen and oxygen atoms in total. The smallest absolute Gasteiger partial charge is 0.266 e. The van der Waals surface area contributed by atoms with Gasteiger partial charge in [-0.1, -0.05) is 24.3 Å². The predicted octanol–water partition coefficient (Wildman–Crippen LogP) is 2.71. The highest BCUT2D eigenvalue weighted by atomic mass is 32.2. The van der Waals surface area contributed by atoms with Gasteiger partial charge in [-0.3, -0.25) is 14.5 Å². The first-order chi connectivity index (χ1) is 10.6. The highest BCUT2D eigenvalue weighted by Crippen LogP contribution is 2.53. The molecule has 4 rings (SSSR count). The molecule has 2 aliphatic heterocycles. The first-order valence-electron chi connectivity index (χ1n) is 6.76. The van der Waals surface area contributed by atoms with Crippen LogP contribution >= 0.6 is 11.8 Å². The number of carbonyl (C=O) groups is 2. The number of halogens is 1. The second-order valence-corrected chi connectivity index (χ2v) is 6.31. The quantitative estimate of drug-likeness (QED) is 0.880. The van der Waals surface area contributed by atoms with E-state index in [9.17, 15) is 14.0 Å². The fraction of sp³-hybridized carbons (Fsp3) is 0.125. The molecule has 1 fully saturated rings. The third kappa shape index (κ3) is 1.64. The summed E-state index contributed by atoms with van der Waals surface area (Å²) in [6.45, 7) is 0. The Labute approximate surface area is 130 Å². The molecule has 22 heavy (non-hydrogen) atoms. The third-order valence-electron chi connectivity index (χ3n) is 3.88. The average molecular weight is 314 g/mol. The van der Waals surface area contributed by atoms with Gasteiger partial charge in [0.2, 0.25) is 10.8 Å². The third-order valence-corrected chi connectivity index (χ3v) is 5.28. The summed E-state index contributed by atoms with van der Waals surface area (Å²) in [6.07, 6.45) is 0. The van der Waals surface area contributed by atoms with Gasteiger partial charge in [-0.25, -0.2) is 4.39 Å². The fourth-order valence-corrected chi connectivity index (χ4v) is 4.31. The van der Waals surface area contributed by atoms with Crippen LogP contribution in [-0.2, 0) is 14.5 Å². The Hall–Kier alpha value is -2.34. The van der Waals surface area contributed by atoms with Crippen LogP contribution < -0.4 is 10.2 Å². The molecular weight excluding hydrogens is 303 g/mol. The first-order valence-corrected chi connectivity index (χ1v) is 7.75. The van der Waals surface area contributed by atoms with E-state index in [-0.39, 0.29) is 17.6 Å². The Morgan fingerprint density at radius 1 is 1.14 bits per heavy atom. The Balaban J connectivity index is 1.94. The van der Waals surface area contributed by atoms with E-state index in [1.165, 1.54) is 34.9 Å². The van der Waals surface area contributed by atoms with Crippen LogP contribution in [0.25, 0.3) is 0 Å². The lowest BCUT2D eigenvalue weighted by Crippen LogP contribution is -2.47. The van der Waals surface area contributed by atoms with Gasteiger partial charge in [-0.2, -0.15) is 0 Å². The van der Waals surface area contributed by atoms with Crippen molar-refractivity contribution in [3.63, 3.8) is 0 Å². The topological polar surface area (TPSA) is 49.4 Å². The molecule has 2 heterocycles. The summed E-state index contributed by atoms with van der Waals surface area (Å²) >= 11 is 1.26. The Kier molecular flexibility index (Phi) is 2.77. The van der Waals surface area contributed by atoms with E-state index in [1.807, 2.05) is 18.2 Å². The van der Waals surface area contributed by atoms with E-state index in [0.717, 1.165) is 5.56 Å². The zero-order valence-corrected chi connectivity index (χ0v) is 12.2. The standard InChI is InChI=1S/C16H11FN2O2S/c17-10-4-3-5-11(8-10)19-14(20)9-22-16(19)12-6-1-2-7-13(12)18-15(16)21/h1-8H,9H2,(H,18,21)/t16-/m0/s1. The first kappa shape index (κ1) is 13.3. The van der Waals surface area contributed by atoms with Crippen molar-refractivity contribution in [1.82, 2.24) is 0 Å². The largest absolute Gasteiger partial charge is 0.323 e.